The fraction of sp³-hybridized carbons (Fsp3) is 0.0213. The van der Waals surface area contributed by atoms with Crippen molar-refractivity contribution in [1.82, 2.24) is 27.1 Å². The van der Waals surface area contributed by atoms with E-state index in [0.29, 0.717) is 22.7 Å². The number of nitrogens with one attached hydrogen (secondary N) is 5. The van der Waals surface area contributed by atoms with Crippen LogP contribution in [-0.2, 0) is 0 Å². The predicted molar refractivity (Wildman–Crippen MR) is 317 cm³/mol. The molecule has 5 aromatic rings. The summed E-state index contributed by atoms with van der Waals surface area (Å²) in [4.78, 5) is 33.3. The van der Waals surface area contributed by atoms with Crippen LogP contribution >= 0.6 is 73.3 Å². The highest BCUT2D eigenvalue weighted by atomic mass is 32.1. The smallest absolute Gasteiger partial charge is 0.213 e. The molecule has 0 saturated carbocycles. The molecule has 0 spiro atoms. The zero-order chi connectivity index (χ0) is 52.4. The van der Waals surface area contributed by atoms with Gasteiger partial charge < -0.3 is 22.9 Å². The van der Waals surface area contributed by atoms with Gasteiger partial charge in [0.15, 0.2) is 10.2 Å². The van der Waals surface area contributed by atoms with Gasteiger partial charge in [0.2, 0.25) is 15.3 Å². The molecule has 0 unspecified atom stereocenters. The third-order valence-electron chi connectivity index (χ3n) is 8.05. The Labute approximate surface area is 446 Å². The highest BCUT2D eigenvalue weighted by Crippen LogP contribution is 2.04. The van der Waals surface area contributed by atoms with E-state index < -0.39 is 0 Å². The lowest BCUT2D eigenvalue weighted by Crippen LogP contribution is -2.23. The molecule has 0 atom stereocenters. The summed E-state index contributed by atoms with van der Waals surface area (Å²) in [6, 6.07) is 36.4. The van der Waals surface area contributed by atoms with Crippen LogP contribution in [0.1, 0.15) is 65.2 Å². The second-order valence-corrected chi connectivity index (χ2v) is 16.1. The first kappa shape index (κ1) is 58.0. The molecule has 0 aromatic heterocycles. The fourth-order valence-corrected chi connectivity index (χ4v) is 5.06. The number of carbonyl (C=O) groups excluding carboxylic acids is 2. The Hall–Kier alpha value is -8.30. The Morgan fingerprint density at radius 3 is 0.708 bits per heavy atom. The number of nitrogens with two attached hydrogens (primary N) is 4. The maximum absolute atomic E-state index is 10.1. The third-order valence-corrected chi connectivity index (χ3v) is 8.99. The van der Waals surface area contributed by atoms with E-state index in [-0.39, 0.29) is 25.6 Å². The van der Waals surface area contributed by atoms with E-state index in [1.165, 1.54) is 0 Å². The van der Waals surface area contributed by atoms with Gasteiger partial charge in [-0.3, -0.25) is 36.7 Å². The van der Waals surface area contributed by atoms with Crippen molar-refractivity contribution in [2.24, 2.45) is 63.4 Å². The number of aldehydes is 2. The van der Waals surface area contributed by atoms with Crippen LogP contribution in [0.25, 0.3) is 0 Å². The molecular weight excluding hydrogens is 1030 g/mol. The number of hydrogen-bond acceptors (Lipinski definition) is 14. The number of hydrogen-bond donors (Lipinski definition) is 9. The van der Waals surface area contributed by atoms with Gasteiger partial charge in [-0.25, -0.2) is 15.0 Å². The molecule has 0 aliphatic heterocycles. The molecule has 366 valence electrons. The van der Waals surface area contributed by atoms with Gasteiger partial charge in [-0.15, -0.1) is 0 Å². The van der Waals surface area contributed by atoms with E-state index in [4.69, 9.17) is 84.0 Å². The molecular formula is C47H45N17O2S6. The first-order chi connectivity index (χ1) is 34.7. The zero-order valence-electron chi connectivity index (χ0n) is 37.7. The number of carbonyl (C=O) groups is 2. The minimum Gasteiger partial charge on any atom is -0.392 e. The lowest BCUT2D eigenvalue weighted by atomic mass is 10.2. The van der Waals surface area contributed by atoms with E-state index in [2.05, 4.69) is 79.8 Å². The van der Waals surface area contributed by atoms with Crippen molar-refractivity contribution in [3.8, 4) is 0 Å². The zero-order valence-corrected chi connectivity index (χ0v) is 42.6. The molecule has 0 radical (unpaired) electrons. The largest absolute Gasteiger partial charge is 0.392 e. The number of nitrogens with zero attached hydrogens (tertiary/aromatic N) is 8. The van der Waals surface area contributed by atoms with E-state index in [0.717, 1.165) is 57.1 Å². The molecule has 5 rings (SSSR count). The Bertz CT molecular complexity index is 2840. The minimum atomic E-state index is 0.0961. The monoisotopic (exact) mass is 1070 g/mol. The molecule has 72 heavy (non-hydrogen) atoms. The average molecular weight is 1070 g/mol. The van der Waals surface area contributed by atoms with Crippen molar-refractivity contribution in [3.05, 3.63) is 177 Å². The van der Waals surface area contributed by atoms with Crippen molar-refractivity contribution in [2.45, 2.75) is 0 Å². The maximum Gasteiger partial charge on any atom is 0.213 e. The number of rotatable bonds is 16. The summed E-state index contributed by atoms with van der Waals surface area (Å²) in [7, 11) is 0. The number of hydrazone groups is 5. The Morgan fingerprint density at radius 1 is 0.347 bits per heavy atom. The molecule has 19 nitrogen and oxygen atoms in total. The van der Waals surface area contributed by atoms with Crippen LogP contribution in [0.2, 0.25) is 0 Å². The van der Waals surface area contributed by atoms with Crippen molar-refractivity contribution < 1.29 is 9.59 Å². The third kappa shape index (κ3) is 26.5. The molecule has 0 heterocycles. The van der Waals surface area contributed by atoms with Crippen molar-refractivity contribution in [2.75, 3.05) is 6.54 Å². The summed E-state index contributed by atoms with van der Waals surface area (Å²) in [5, 5.41) is 21.1. The second kappa shape index (κ2) is 34.1. The summed E-state index contributed by atoms with van der Waals surface area (Å²) in [6.07, 6.45) is 14.5. The van der Waals surface area contributed by atoms with Gasteiger partial charge in [-0.2, -0.15) is 25.5 Å². The molecule has 0 saturated heterocycles. The molecule has 0 bridgehead atoms. The van der Waals surface area contributed by atoms with Crippen LogP contribution in [0.4, 0.5) is 0 Å². The molecule has 0 aliphatic carbocycles. The number of benzene rings is 5. The van der Waals surface area contributed by atoms with E-state index in [1.807, 2.05) is 97.1 Å². The van der Waals surface area contributed by atoms with Crippen LogP contribution in [0, 0.1) is 0 Å². The van der Waals surface area contributed by atoms with Crippen LogP contribution in [0.5, 0.6) is 0 Å². The minimum absolute atomic E-state index is 0.0961. The van der Waals surface area contributed by atoms with Crippen LogP contribution in [0.3, 0.4) is 0 Å². The normalized spacial score (nSPS) is 11.1. The first-order valence-electron chi connectivity index (χ1n) is 20.4. The summed E-state index contributed by atoms with van der Waals surface area (Å²) in [6.45, 7) is 0.315. The highest BCUT2D eigenvalue weighted by molar-refractivity contribution is 7.81. The average Bonchev–Trinajstić information content (AvgIpc) is 3.38. The standard InChI is InChI=1S/C37H33N15S5.C8H6O2.C2H6N2S/c38-33(53)48-43-20-28-7-1-25(2-8-28)17-40-35(55)50-45-22-30-9-3-26(4-10-30)18-41-36(56)51-46-23-31-11-5-27(6-12-31)19-42-37(57)52-47-24-32-15-13-29(14-16-32)21-44-49-34(39)54;9-5-7-1-2-8(6-10)4-3-7;3-1-2(4)5/h1-24H,(H,50,55)(H,51,56)(H,52,57)(H3,38,48,53)(H3,39,49,54);1-6H;1,3H2,(H2,4,5)/b40-17?,41-18?,42-19?,43-20+,44-21+,45-22+,46-23+,47-24+;;. The summed E-state index contributed by atoms with van der Waals surface area (Å²) in [5.74, 6) is 0. The van der Waals surface area contributed by atoms with Gasteiger partial charge in [0.25, 0.3) is 0 Å². The molecule has 0 aliphatic rings. The van der Waals surface area contributed by atoms with Gasteiger partial charge in [0.1, 0.15) is 12.6 Å². The van der Waals surface area contributed by atoms with Crippen LogP contribution in [-0.4, -0.2) is 99.4 Å². The fourth-order valence-electron chi connectivity index (χ4n) is 4.64. The molecule has 13 N–H and O–H groups in total. The number of aliphatic imine (C=N–C) groups is 3. The van der Waals surface area contributed by atoms with Gasteiger partial charge in [-0.1, -0.05) is 134 Å². The Balaban J connectivity index is 0.000000781. The SMILES string of the molecule is NC(=S)N/N=C/c1ccc(C=NC(=S)N/N=C/c2ccc(C=NC(=S)N/N=C/c3ccc(C=NC(=S)N/N=C/c4ccc(/C=N/NC(N)=S)cc4)cc3)cc2)cc1.NCC(N)=S.O=Cc1ccc(C=O)cc1. The Kier molecular flexibility index (Phi) is 27.5. The molecule has 0 amide bonds. The first-order valence-corrected chi connectivity index (χ1v) is 22.9. The topological polar surface area (TPSA) is 297 Å². The van der Waals surface area contributed by atoms with Crippen molar-refractivity contribution in [3.63, 3.8) is 0 Å². The van der Waals surface area contributed by atoms with E-state index in [1.54, 1.807) is 74.0 Å². The maximum atomic E-state index is 10.1. The van der Waals surface area contributed by atoms with E-state index >= 15 is 0 Å². The summed E-state index contributed by atoms with van der Waals surface area (Å²) in [5.41, 5.74) is 41.6. The van der Waals surface area contributed by atoms with Crippen molar-refractivity contribution >= 4 is 166 Å². The van der Waals surface area contributed by atoms with Gasteiger partial charge >= 0.3 is 0 Å². The van der Waals surface area contributed by atoms with Crippen molar-refractivity contribution in [1.29, 1.82) is 0 Å². The second-order valence-electron chi connectivity index (χ2n) is 13.5. The number of thiocarbonyl (C=S) groups is 6. The van der Waals surface area contributed by atoms with E-state index in [9.17, 15) is 9.59 Å². The van der Waals surface area contributed by atoms with Crippen LogP contribution < -0.4 is 50.1 Å². The molecule has 25 heteroatoms. The van der Waals surface area contributed by atoms with Crippen LogP contribution in [0.15, 0.2) is 162 Å². The Morgan fingerprint density at radius 2 is 0.528 bits per heavy atom. The van der Waals surface area contributed by atoms with Gasteiger partial charge in [-0.05, 0) is 106 Å². The molecule has 5 aromatic carbocycles. The lowest BCUT2D eigenvalue weighted by molar-refractivity contribution is 0.111. The van der Waals surface area contributed by atoms with Gasteiger partial charge in [0, 0.05) is 36.3 Å². The van der Waals surface area contributed by atoms with Gasteiger partial charge in [0.05, 0.1) is 36.1 Å². The summed E-state index contributed by atoms with van der Waals surface area (Å²) >= 11 is 29.5. The highest BCUT2D eigenvalue weighted by Gasteiger charge is 1.97. The molecule has 0 fully saturated rings. The summed E-state index contributed by atoms with van der Waals surface area (Å²) < 4.78 is 0. The predicted octanol–water partition coefficient (Wildman–Crippen LogP) is 4.55. The quantitative estimate of drug-likeness (QED) is 0.0284. The lowest BCUT2D eigenvalue weighted by Gasteiger charge is -1.99.